The molecule has 2 saturated heterocycles. The van der Waals surface area contributed by atoms with Gasteiger partial charge in [0.25, 0.3) is 0 Å². The van der Waals surface area contributed by atoms with Gasteiger partial charge >= 0.3 is 6.03 Å². The lowest BCUT2D eigenvalue weighted by Crippen LogP contribution is -2.49. The first-order chi connectivity index (χ1) is 11.0. The van der Waals surface area contributed by atoms with E-state index in [4.69, 9.17) is 0 Å². The number of guanidine groups is 1. The molecule has 0 aliphatic carbocycles. The summed E-state index contributed by atoms with van der Waals surface area (Å²) in [5, 5.41) is 6.46. The molecule has 0 radical (unpaired) electrons. The van der Waals surface area contributed by atoms with E-state index in [0.717, 1.165) is 31.3 Å². The van der Waals surface area contributed by atoms with Gasteiger partial charge in [0.1, 0.15) is 0 Å². The van der Waals surface area contributed by atoms with E-state index in [9.17, 15) is 9.59 Å². The molecular formula is C15H28IN5O2S. The van der Waals surface area contributed by atoms with Crippen LogP contribution < -0.4 is 10.6 Å². The molecule has 0 bridgehead atoms. The number of carbonyl (C=O) groups excluding carboxylic acids is 2. The number of urea groups is 1. The largest absolute Gasteiger partial charge is 0.357 e. The lowest BCUT2D eigenvalue weighted by atomic mass is 10.1. The van der Waals surface area contributed by atoms with Crippen LogP contribution >= 0.6 is 35.7 Å². The van der Waals surface area contributed by atoms with Gasteiger partial charge in [-0.15, -0.1) is 24.0 Å². The fourth-order valence-corrected chi connectivity index (χ4v) is 3.93. The molecule has 2 fully saturated rings. The Labute approximate surface area is 165 Å². The zero-order valence-corrected chi connectivity index (χ0v) is 17.7. The van der Waals surface area contributed by atoms with Crippen LogP contribution in [0.2, 0.25) is 0 Å². The van der Waals surface area contributed by atoms with Gasteiger partial charge in [0.15, 0.2) is 5.96 Å². The van der Waals surface area contributed by atoms with E-state index in [1.165, 1.54) is 4.90 Å². The summed E-state index contributed by atoms with van der Waals surface area (Å²) < 4.78 is 0. The Balaban J connectivity index is 0.00000288. The number of aliphatic imine (C=N–C) groups is 1. The van der Waals surface area contributed by atoms with Crippen molar-refractivity contribution in [2.24, 2.45) is 10.9 Å². The highest BCUT2D eigenvalue weighted by molar-refractivity contribution is 14.0. The minimum absolute atomic E-state index is 0. The van der Waals surface area contributed by atoms with Crippen LogP contribution in [0.3, 0.4) is 0 Å². The Hall–Kier alpha value is -0.710. The zero-order chi connectivity index (χ0) is 16.8. The van der Waals surface area contributed by atoms with Crippen molar-refractivity contribution >= 4 is 53.6 Å². The lowest BCUT2D eigenvalue weighted by molar-refractivity contribution is -0.124. The van der Waals surface area contributed by atoms with Crippen molar-refractivity contribution in [2.75, 3.05) is 45.0 Å². The van der Waals surface area contributed by atoms with Crippen LogP contribution in [0.25, 0.3) is 0 Å². The van der Waals surface area contributed by atoms with E-state index in [-0.39, 0.29) is 42.5 Å². The fourth-order valence-electron chi connectivity index (χ4n) is 2.63. The summed E-state index contributed by atoms with van der Waals surface area (Å²) in [7, 11) is 0. The van der Waals surface area contributed by atoms with Crippen molar-refractivity contribution in [2.45, 2.75) is 26.0 Å². The Kier molecular flexibility index (Phi) is 9.17. The monoisotopic (exact) mass is 469 g/mol. The number of nitrogens with zero attached hydrogens (tertiary/aromatic N) is 3. The first kappa shape index (κ1) is 21.3. The maximum absolute atomic E-state index is 11.6. The molecule has 1 unspecified atom stereocenters. The molecule has 2 rings (SSSR count). The molecule has 0 spiro atoms. The average molecular weight is 469 g/mol. The number of hydrogen-bond donors (Lipinski definition) is 2. The second-order valence-corrected chi connectivity index (χ2v) is 7.39. The Morgan fingerprint density at radius 2 is 2.21 bits per heavy atom. The van der Waals surface area contributed by atoms with Crippen molar-refractivity contribution in [1.29, 1.82) is 0 Å². The van der Waals surface area contributed by atoms with Gasteiger partial charge in [0, 0.05) is 30.6 Å². The van der Waals surface area contributed by atoms with E-state index in [1.807, 2.05) is 18.7 Å². The van der Waals surface area contributed by atoms with Gasteiger partial charge in [-0.1, -0.05) is 13.8 Å². The van der Waals surface area contributed by atoms with E-state index in [1.54, 1.807) is 0 Å². The minimum atomic E-state index is -0.315. The first-order valence-electron chi connectivity index (χ1n) is 8.26. The summed E-state index contributed by atoms with van der Waals surface area (Å²) >= 11 is 2.03. The molecular weight excluding hydrogens is 441 g/mol. The van der Waals surface area contributed by atoms with Crippen molar-refractivity contribution in [3.63, 3.8) is 0 Å². The van der Waals surface area contributed by atoms with Crippen LogP contribution in [0.5, 0.6) is 0 Å². The Bertz CT molecular complexity index is 459. The van der Waals surface area contributed by atoms with E-state index < -0.39 is 0 Å². The van der Waals surface area contributed by atoms with Crippen molar-refractivity contribution in [3.8, 4) is 0 Å². The summed E-state index contributed by atoms with van der Waals surface area (Å²) in [5.74, 6) is 2.44. The van der Waals surface area contributed by atoms with Gasteiger partial charge in [-0.3, -0.25) is 14.7 Å². The third kappa shape index (κ3) is 5.68. The van der Waals surface area contributed by atoms with Gasteiger partial charge in [-0.25, -0.2) is 4.79 Å². The molecule has 2 N–H and O–H groups in total. The van der Waals surface area contributed by atoms with Crippen LogP contribution in [-0.2, 0) is 4.79 Å². The predicted octanol–water partition coefficient (Wildman–Crippen LogP) is 1.20. The Morgan fingerprint density at radius 1 is 1.46 bits per heavy atom. The van der Waals surface area contributed by atoms with Crippen LogP contribution in [0.1, 0.15) is 20.8 Å². The summed E-state index contributed by atoms with van der Waals surface area (Å²) in [5.41, 5.74) is 0. The second-order valence-electron chi connectivity index (χ2n) is 6.04. The quantitative estimate of drug-likeness (QED) is 0.274. The SMILES string of the molecule is CCNC(=NCCN1C(=O)CNC1=O)N1CCSC(C(C)C)C1.I. The number of imide groups is 1. The third-order valence-electron chi connectivity index (χ3n) is 3.99. The summed E-state index contributed by atoms with van der Waals surface area (Å²) in [6.45, 7) is 10.2. The van der Waals surface area contributed by atoms with Crippen LogP contribution in [0.15, 0.2) is 4.99 Å². The fraction of sp³-hybridized carbons (Fsp3) is 0.800. The topological polar surface area (TPSA) is 77.0 Å². The number of halogens is 1. The molecule has 7 nitrogen and oxygen atoms in total. The summed E-state index contributed by atoms with van der Waals surface area (Å²) in [6, 6.07) is -0.315. The highest BCUT2D eigenvalue weighted by Gasteiger charge is 2.28. The molecule has 0 saturated carbocycles. The van der Waals surface area contributed by atoms with Crippen molar-refractivity contribution < 1.29 is 9.59 Å². The van der Waals surface area contributed by atoms with E-state index in [2.05, 4.69) is 34.4 Å². The molecule has 9 heteroatoms. The summed E-state index contributed by atoms with van der Waals surface area (Å²) in [6.07, 6.45) is 0. The molecule has 0 aromatic heterocycles. The maximum Gasteiger partial charge on any atom is 0.324 e. The number of amides is 3. The standard InChI is InChI=1S/C15H27N5O2S.HI/c1-4-16-14(19-7-8-23-12(10-19)11(2)3)17-5-6-20-13(21)9-18-15(20)22;/h11-12H,4-10H2,1-3H3,(H,16,17)(H,18,22);1H. The van der Waals surface area contributed by atoms with E-state index in [0.29, 0.717) is 24.3 Å². The molecule has 24 heavy (non-hydrogen) atoms. The number of carbonyl (C=O) groups is 2. The average Bonchev–Trinajstić information content (AvgIpc) is 2.86. The van der Waals surface area contributed by atoms with Gasteiger partial charge in [0.05, 0.1) is 19.6 Å². The zero-order valence-electron chi connectivity index (χ0n) is 14.6. The number of hydrogen-bond acceptors (Lipinski definition) is 4. The third-order valence-corrected chi connectivity index (χ3v) is 5.53. The number of nitrogens with one attached hydrogen (secondary N) is 2. The molecule has 0 aromatic carbocycles. The normalized spacial score (nSPS) is 21.8. The van der Waals surface area contributed by atoms with Crippen LogP contribution in [-0.4, -0.2) is 78.0 Å². The number of rotatable bonds is 5. The van der Waals surface area contributed by atoms with Gasteiger partial charge in [0.2, 0.25) is 5.91 Å². The molecule has 138 valence electrons. The highest BCUT2D eigenvalue weighted by atomic mass is 127. The smallest absolute Gasteiger partial charge is 0.324 e. The molecule has 2 aliphatic heterocycles. The molecule has 1 atom stereocenters. The molecule has 2 heterocycles. The van der Waals surface area contributed by atoms with E-state index >= 15 is 0 Å². The van der Waals surface area contributed by atoms with Gasteiger partial charge in [-0.05, 0) is 12.8 Å². The Morgan fingerprint density at radius 3 is 2.79 bits per heavy atom. The van der Waals surface area contributed by atoms with Crippen LogP contribution in [0, 0.1) is 5.92 Å². The van der Waals surface area contributed by atoms with Crippen molar-refractivity contribution in [1.82, 2.24) is 20.4 Å². The first-order valence-corrected chi connectivity index (χ1v) is 9.30. The highest BCUT2D eigenvalue weighted by Crippen LogP contribution is 2.24. The summed E-state index contributed by atoms with van der Waals surface area (Å²) in [4.78, 5) is 31.2. The van der Waals surface area contributed by atoms with Crippen LogP contribution in [0.4, 0.5) is 4.79 Å². The van der Waals surface area contributed by atoms with Crippen molar-refractivity contribution in [3.05, 3.63) is 0 Å². The molecule has 2 aliphatic rings. The lowest BCUT2D eigenvalue weighted by Gasteiger charge is -2.36. The minimum Gasteiger partial charge on any atom is -0.357 e. The second kappa shape index (κ2) is 10.3. The molecule has 3 amide bonds. The molecule has 0 aromatic rings. The maximum atomic E-state index is 11.6. The van der Waals surface area contributed by atoms with Gasteiger partial charge < -0.3 is 15.5 Å². The van der Waals surface area contributed by atoms with Gasteiger partial charge in [-0.2, -0.15) is 11.8 Å². The predicted molar refractivity (Wildman–Crippen MR) is 109 cm³/mol. The number of thioether (sulfide) groups is 1.